The molecule has 13 nitrogen and oxygen atoms in total. The van der Waals surface area contributed by atoms with Crippen LogP contribution >= 0.6 is 0 Å². The number of aromatic nitrogens is 8. The molecule has 3 N–H and O–H groups in total. The third-order valence-electron chi connectivity index (χ3n) is 7.98. The fraction of sp³-hybridized carbons (Fsp3) is 0.294. The van der Waals surface area contributed by atoms with Crippen LogP contribution in [0.15, 0.2) is 66.7 Å². The van der Waals surface area contributed by atoms with Gasteiger partial charge < -0.3 is 14.2 Å². The van der Waals surface area contributed by atoms with Crippen LogP contribution in [0.4, 0.5) is 11.9 Å². The Morgan fingerprint density at radius 3 is 1.89 bits per heavy atom. The van der Waals surface area contributed by atoms with Gasteiger partial charge in [0.05, 0.1) is 39.6 Å². The molecule has 0 saturated heterocycles. The molecule has 0 aliphatic heterocycles. The maximum absolute atomic E-state index is 13.4. The highest BCUT2D eigenvalue weighted by molar-refractivity contribution is 6.04. The monoisotopic (exact) mass is 634 g/mol. The van der Waals surface area contributed by atoms with Gasteiger partial charge in [-0.05, 0) is 65.0 Å². The highest BCUT2D eigenvalue weighted by Crippen LogP contribution is 2.28. The van der Waals surface area contributed by atoms with E-state index in [1.165, 1.54) is 0 Å². The van der Waals surface area contributed by atoms with Crippen LogP contribution in [-0.2, 0) is 26.2 Å². The SMILES string of the molecule is CCn1nc(C)cc1C(=O)Nc1nc2ccccc2n1C/C=C/Cn1c(NC(=O)c2cc(C)nn2CC)nc2c(C(C)O)cccc21. The lowest BCUT2D eigenvalue weighted by Gasteiger charge is -2.10. The van der Waals surface area contributed by atoms with E-state index in [-0.39, 0.29) is 11.8 Å². The number of aryl methyl sites for hydroxylation is 4. The summed E-state index contributed by atoms with van der Waals surface area (Å²) < 4.78 is 7.17. The van der Waals surface area contributed by atoms with Crippen LogP contribution in [0, 0.1) is 13.8 Å². The van der Waals surface area contributed by atoms with E-state index in [0.717, 1.165) is 27.9 Å². The molecule has 47 heavy (non-hydrogen) atoms. The van der Waals surface area contributed by atoms with Crippen LogP contribution in [0.2, 0.25) is 0 Å². The number of carbonyl (C=O) groups is 2. The molecule has 242 valence electrons. The molecular weight excluding hydrogens is 596 g/mol. The molecule has 4 heterocycles. The van der Waals surface area contributed by atoms with Crippen molar-refractivity contribution in [1.82, 2.24) is 38.7 Å². The minimum absolute atomic E-state index is 0.285. The predicted octanol–water partition coefficient (Wildman–Crippen LogP) is 5.25. The van der Waals surface area contributed by atoms with Crippen molar-refractivity contribution in [3.63, 3.8) is 0 Å². The Labute approximate surface area is 271 Å². The smallest absolute Gasteiger partial charge is 0.276 e. The van der Waals surface area contributed by atoms with Crippen molar-refractivity contribution in [2.45, 2.75) is 66.9 Å². The minimum atomic E-state index is -0.742. The van der Waals surface area contributed by atoms with Crippen molar-refractivity contribution >= 4 is 45.8 Å². The van der Waals surface area contributed by atoms with Gasteiger partial charge in [-0.25, -0.2) is 9.97 Å². The average molecular weight is 635 g/mol. The Morgan fingerprint density at radius 1 is 0.787 bits per heavy atom. The number of rotatable bonds is 11. The molecule has 0 fully saturated rings. The van der Waals surface area contributed by atoms with Crippen molar-refractivity contribution in [2.75, 3.05) is 10.6 Å². The van der Waals surface area contributed by atoms with Crippen molar-refractivity contribution in [1.29, 1.82) is 0 Å². The van der Waals surface area contributed by atoms with E-state index in [1.807, 2.05) is 91.4 Å². The van der Waals surface area contributed by atoms with Gasteiger partial charge in [0.25, 0.3) is 11.8 Å². The molecule has 0 aliphatic rings. The molecule has 2 amide bonds. The maximum atomic E-state index is 13.4. The number of nitrogens with one attached hydrogen (secondary N) is 2. The van der Waals surface area contributed by atoms with E-state index in [4.69, 9.17) is 9.97 Å². The van der Waals surface area contributed by atoms with Gasteiger partial charge in [0.1, 0.15) is 11.4 Å². The van der Waals surface area contributed by atoms with E-state index in [1.54, 1.807) is 28.4 Å². The highest BCUT2D eigenvalue weighted by atomic mass is 16.3. The first kappa shape index (κ1) is 31.4. The number of carbonyl (C=O) groups excluding carboxylic acids is 2. The lowest BCUT2D eigenvalue weighted by Crippen LogP contribution is -2.20. The number of hydrogen-bond acceptors (Lipinski definition) is 7. The van der Waals surface area contributed by atoms with Gasteiger partial charge in [0.2, 0.25) is 11.9 Å². The van der Waals surface area contributed by atoms with Crippen molar-refractivity contribution in [2.24, 2.45) is 0 Å². The Hall–Kier alpha value is -5.56. The predicted molar refractivity (Wildman–Crippen MR) is 180 cm³/mol. The first-order chi connectivity index (χ1) is 22.7. The number of benzene rings is 2. The Bertz CT molecular complexity index is 2130. The number of aliphatic hydroxyl groups excluding tert-OH is 1. The molecular formula is C34H38N10O3. The number of imidazole rings is 2. The minimum Gasteiger partial charge on any atom is -0.389 e. The van der Waals surface area contributed by atoms with Gasteiger partial charge in [-0.2, -0.15) is 10.2 Å². The van der Waals surface area contributed by atoms with Crippen LogP contribution in [0.25, 0.3) is 22.1 Å². The second-order valence-electron chi connectivity index (χ2n) is 11.3. The molecule has 0 radical (unpaired) electrons. The number of allylic oxidation sites excluding steroid dienone is 2. The molecule has 4 aromatic heterocycles. The van der Waals surface area contributed by atoms with Crippen molar-refractivity contribution < 1.29 is 14.7 Å². The van der Waals surface area contributed by atoms with Crippen LogP contribution in [0.5, 0.6) is 0 Å². The first-order valence-corrected chi connectivity index (χ1v) is 15.7. The number of nitrogens with zero attached hydrogens (tertiary/aromatic N) is 8. The zero-order chi connectivity index (χ0) is 33.2. The van der Waals surface area contributed by atoms with Crippen LogP contribution < -0.4 is 10.6 Å². The quantitative estimate of drug-likeness (QED) is 0.165. The zero-order valence-electron chi connectivity index (χ0n) is 27.1. The third kappa shape index (κ3) is 6.17. The van der Waals surface area contributed by atoms with Gasteiger partial charge in [0, 0.05) is 31.7 Å². The van der Waals surface area contributed by atoms with Gasteiger partial charge in [0.15, 0.2) is 0 Å². The lowest BCUT2D eigenvalue weighted by molar-refractivity contribution is 0.100. The normalized spacial score (nSPS) is 12.4. The molecule has 1 atom stereocenters. The Balaban J connectivity index is 1.29. The van der Waals surface area contributed by atoms with Gasteiger partial charge in [-0.15, -0.1) is 0 Å². The summed E-state index contributed by atoms with van der Waals surface area (Å²) in [4.78, 5) is 36.1. The second-order valence-corrected chi connectivity index (χ2v) is 11.3. The fourth-order valence-corrected chi connectivity index (χ4v) is 5.77. The Kier molecular flexibility index (Phi) is 8.72. The van der Waals surface area contributed by atoms with Crippen LogP contribution in [0.3, 0.4) is 0 Å². The highest BCUT2D eigenvalue weighted by Gasteiger charge is 2.21. The van der Waals surface area contributed by atoms with E-state index in [0.29, 0.717) is 60.5 Å². The molecule has 13 heteroatoms. The van der Waals surface area contributed by atoms with Gasteiger partial charge >= 0.3 is 0 Å². The third-order valence-corrected chi connectivity index (χ3v) is 7.98. The second kappa shape index (κ2) is 13.0. The van der Waals surface area contributed by atoms with Crippen LogP contribution in [0.1, 0.15) is 64.8 Å². The summed E-state index contributed by atoms with van der Waals surface area (Å²) in [7, 11) is 0. The topological polar surface area (TPSA) is 150 Å². The fourth-order valence-electron chi connectivity index (χ4n) is 5.77. The van der Waals surface area contributed by atoms with E-state index >= 15 is 0 Å². The Morgan fingerprint density at radius 2 is 1.32 bits per heavy atom. The molecule has 0 aliphatic carbocycles. The number of fused-ring (bicyclic) bond motifs is 2. The summed E-state index contributed by atoms with van der Waals surface area (Å²) in [5.74, 6) is 0.171. The average Bonchev–Trinajstić information content (AvgIpc) is 3.81. The number of anilines is 2. The maximum Gasteiger partial charge on any atom is 0.276 e. The van der Waals surface area contributed by atoms with E-state index < -0.39 is 6.10 Å². The van der Waals surface area contributed by atoms with Crippen molar-refractivity contribution in [3.8, 4) is 0 Å². The molecule has 6 aromatic rings. The number of hydrogen-bond donors (Lipinski definition) is 3. The number of aliphatic hydroxyl groups is 1. The van der Waals surface area contributed by atoms with Gasteiger partial charge in [-0.1, -0.05) is 36.4 Å². The molecule has 0 spiro atoms. The van der Waals surface area contributed by atoms with Gasteiger partial charge in [-0.3, -0.25) is 29.6 Å². The standard InChI is InChI=1S/C34H38N10O3/c1-6-43-28(19-21(3)39-43)31(46)37-33-35-25-14-8-9-15-26(25)41(33)17-10-11-18-42-27-16-12-13-24(23(5)45)30(27)36-34(42)38-32(47)29-20-22(4)40-44(29)7-2/h8-16,19-20,23,45H,6-7,17-18H2,1-5H3,(H,35,37,46)(H,36,38,47)/b11-10+. The largest absolute Gasteiger partial charge is 0.389 e. The first-order valence-electron chi connectivity index (χ1n) is 15.7. The summed E-state index contributed by atoms with van der Waals surface area (Å²) in [5.41, 5.74) is 6.10. The van der Waals surface area contributed by atoms with E-state index in [2.05, 4.69) is 20.8 Å². The molecule has 1 unspecified atom stereocenters. The summed E-state index contributed by atoms with van der Waals surface area (Å²) in [6.07, 6.45) is 3.21. The molecule has 0 saturated carbocycles. The summed E-state index contributed by atoms with van der Waals surface area (Å²) in [5, 5.41) is 25.2. The molecule has 6 rings (SSSR count). The van der Waals surface area contributed by atoms with Crippen molar-refractivity contribution in [3.05, 3.63) is 95.1 Å². The molecule has 0 bridgehead atoms. The number of amides is 2. The summed E-state index contributed by atoms with van der Waals surface area (Å²) >= 11 is 0. The molecule has 2 aromatic carbocycles. The zero-order valence-corrected chi connectivity index (χ0v) is 27.1. The summed E-state index contributed by atoms with van der Waals surface area (Å²) in [6, 6.07) is 16.8. The van der Waals surface area contributed by atoms with Crippen LogP contribution in [-0.4, -0.2) is 55.6 Å². The lowest BCUT2D eigenvalue weighted by atomic mass is 10.1. The number of para-hydroxylation sites is 3. The summed E-state index contributed by atoms with van der Waals surface area (Å²) in [6.45, 7) is 11.2. The van der Waals surface area contributed by atoms with E-state index in [9.17, 15) is 14.7 Å².